The Bertz CT molecular complexity index is 355. The molecule has 0 spiro atoms. The molecule has 2 heterocycles. The highest BCUT2D eigenvalue weighted by molar-refractivity contribution is 8.93. The van der Waals surface area contributed by atoms with Gasteiger partial charge in [-0.05, 0) is 31.5 Å². The third kappa shape index (κ3) is 4.69. The van der Waals surface area contributed by atoms with E-state index in [1.165, 1.54) is 12.1 Å². The van der Waals surface area contributed by atoms with Gasteiger partial charge in [-0.2, -0.15) is 0 Å². The number of anilines is 1. The van der Waals surface area contributed by atoms with Crippen LogP contribution in [0.15, 0.2) is 18.3 Å². The van der Waals surface area contributed by atoms with Gasteiger partial charge in [0.25, 0.3) is 0 Å². The second kappa shape index (κ2) is 7.73. The van der Waals surface area contributed by atoms with Gasteiger partial charge in [0.05, 0.1) is 12.2 Å². The molecule has 1 saturated heterocycles. The molecule has 4 nitrogen and oxygen atoms in total. The maximum absolute atomic E-state index is 12.5. The molecule has 1 fully saturated rings. The highest BCUT2D eigenvalue weighted by atomic mass is 79.9. The molecule has 1 aliphatic rings. The summed E-state index contributed by atoms with van der Waals surface area (Å²) in [4.78, 5) is 15.3. The number of amides is 1. The van der Waals surface area contributed by atoms with Crippen molar-refractivity contribution in [3.63, 3.8) is 0 Å². The van der Waals surface area contributed by atoms with Gasteiger partial charge >= 0.3 is 0 Å². The van der Waals surface area contributed by atoms with E-state index in [-0.39, 0.29) is 45.9 Å². The molecule has 17 heavy (non-hydrogen) atoms. The molecular weight excluding hydrogens is 357 g/mol. The van der Waals surface area contributed by atoms with Crippen LogP contribution in [0.1, 0.15) is 12.8 Å². The van der Waals surface area contributed by atoms with Crippen LogP contribution in [-0.2, 0) is 4.79 Å². The van der Waals surface area contributed by atoms with Crippen LogP contribution in [0, 0.1) is 5.82 Å². The fraction of sp³-hybridized carbons (Fsp3) is 0.400. The lowest BCUT2D eigenvalue weighted by Crippen LogP contribution is -2.35. The topological polar surface area (TPSA) is 54.0 Å². The van der Waals surface area contributed by atoms with Gasteiger partial charge in [0.2, 0.25) is 5.91 Å². The van der Waals surface area contributed by atoms with Crippen molar-refractivity contribution in [3.8, 4) is 0 Å². The Hall–Kier alpha value is -0.530. The predicted octanol–water partition coefficient (Wildman–Crippen LogP) is 2.07. The number of hydrogen-bond donors (Lipinski definition) is 2. The number of carbonyl (C=O) groups excluding carboxylic acids is 1. The molecule has 1 aromatic heterocycles. The number of rotatable bonds is 2. The monoisotopic (exact) mass is 369 g/mol. The van der Waals surface area contributed by atoms with Crippen molar-refractivity contribution in [1.82, 2.24) is 10.3 Å². The molecule has 0 bridgehead atoms. The van der Waals surface area contributed by atoms with Crippen LogP contribution >= 0.6 is 34.0 Å². The molecule has 1 atom stereocenters. The lowest BCUT2D eigenvalue weighted by atomic mass is 10.2. The lowest BCUT2D eigenvalue weighted by Gasteiger charge is -2.09. The summed E-state index contributed by atoms with van der Waals surface area (Å²) < 4.78 is 12.5. The second-order valence-corrected chi connectivity index (χ2v) is 3.50. The number of pyridine rings is 1. The predicted molar refractivity (Wildman–Crippen MR) is 74.5 cm³/mol. The molecule has 2 N–H and O–H groups in total. The van der Waals surface area contributed by atoms with Crippen LogP contribution in [-0.4, -0.2) is 23.5 Å². The number of nitrogens with one attached hydrogen (secondary N) is 2. The number of halogens is 3. The molecule has 0 saturated carbocycles. The van der Waals surface area contributed by atoms with E-state index in [2.05, 4.69) is 15.6 Å². The molecule has 7 heteroatoms. The van der Waals surface area contributed by atoms with Crippen molar-refractivity contribution in [2.45, 2.75) is 18.9 Å². The van der Waals surface area contributed by atoms with E-state index in [1.807, 2.05) is 0 Å². The van der Waals surface area contributed by atoms with Crippen LogP contribution in [0.3, 0.4) is 0 Å². The largest absolute Gasteiger partial charge is 0.309 e. The Morgan fingerprint density at radius 3 is 2.76 bits per heavy atom. The molecular formula is C10H14Br2FN3O. The number of nitrogens with zero attached hydrogens (tertiary/aromatic N) is 1. The van der Waals surface area contributed by atoms with Crippen molar-refractivity contribution < 1.29 is 9.18 Å². The number of aromatic nitrogens is 1. The van der Waals surface area contributed by atoms with Gasteiger partial charge in [0.15, 0.2) is 0 Å². The first kappa shape index (κ1) is 16.5. The molecule has 1 amide bonds. The minimum atomic E-state index is -0.410. The van der Waals surface area contributed by atoms with Crippen molar-refractivity contribution >= 4 is 45.7 Å². The van der Waals surface area contributed by atoms with Crippen molar-refractivity contribution in [2.75, 3.05) is 11.9 Å². The average molecular weight is 371 g/mol. The van der Waals surface area contributed by atoms with Gasteiger partial charge in [-0.3, -0.25) is 4.79 Å². The Morgan fingerprint density at radius 2 is 2.24 bits per heavy atom. The van der Waals surface area contributed by atoms with Gasteiger partial charge in [-0.15, -0.1) is 34.0 Å². The number of hydrogen-bond acceptors (Lipinski definition) is 3. The van der Waals surface area contributed by atoms with E-state index in [4.69, 9.17) is 0 Å². The van der Waals surface area contributed by atoms with E-state index in [1.54, 1.807) is 0 Å². The van der Waals surface area contributed by atoms with Gasteiger partial charge in [0, 0.05) is 0 Å². The maximum atomic E-state index is 12.5. The summed E-state index contributed by atoms with van der Waals surface area (Å²) >= 11 is 0. The standard InChI is InChI=1S/C10H12FN3O.2BrH/c11-7-3-4-9(13-6-7)14-10(15)8-2-1-5-12-8;;/h3-4,6,8,12H,1-2,5H2,(H,13,14,15);2*1H/t8-;;/m0../s1. The molecule has 0 radical (unpaired) electrons. The van der Waals surface area contributed by atoms with E-state index in [9.17, 15) is 9.18 Å². The molecule has 0 aromatic carbocycles. The minimum absolute atomic E-state index is 0. The highest BCUT2D eigenvalue weighted by Gasteiger charge is 2.21. The van der Waals surface area contributed by atoms with Crippen LogP contribution in [0.4, 0.5) is 10.2 Å². The smallest absolute Gasteiger partial charge is 0.242 e. The molecule has 96 valence electrons. The van der Waals surface area contributed by atoms with E-state index in [0.717, 1.165) is 25.6 Å². The van der Waals surface area contributed by atoms with Crippen LogP contribution < -0.4 is 10.6 Å². The highest BCUT2D eigenvalue weighted by Crippen LogP contribution is 2.09. The summed E-state index contributed by atoms with van der Waals surface area (Å²) in [5.74, 6) is -0.131. The molecule has 1 aliphatic heterocycles. The Balaban J connectivity index is 0.00000128. The van der Waals surface area contributed by atoms with Crippen molar-refractivity contribution in [2.24, 2.45) is 0 Å². The van der Waals surface area contributed by atoms with E-state index < -0.39 is 5.82 Å². The van der Waals surface area contributed by atoms with Crippen LogP contribution in [0.5, 0.6) is 0 Å². The third-order valence-electron chi connectivity index (χ3n) is 2.36. The summed E-state index contributed by atoms with van der Waals surface area (Å²) in [6.45, 7) is 0.870. The first-order chi connectivity index (χ1) is 7.25. The van der Waals surface area contributed by atoms with Gasteiger partial charge in [-0.1, -0.05) is 0 Å². The maximum Gasteiger partial charge on any atom is 0.242 e. The Labute approximate surface area is 120 Å². The molecule has 0 aliphatic carbocycles. The van der Waals surface area contributed by atoms with Crippen LogP contribution in [0.25, 0.3) is 0 Å². The van der Waals surface area contributed by atoms with Crippen molar-refractivity contribution in [3.05, 3.63) is 24.1 Å². The zero-order valence-electron chi connectivity index (χ0n) is 8.98. The number of carbonyl (C=O) groups is 1. The lowest BCUT2D eigenvalue weighted by molar-refractivity contribution is -0.117. The summed E-state index contributed by atoms with van der Waals surface area (Å²) in [5, 5.41) is 5.71. The van der Waals surface area contributed by atoms with Gasteiger partial charge in [-0.25, -0.2) is 9.37 Å². The second-order valence-electron chi connectivity index (χ2n) is 3.50. The van der Waals surface area contributed by atoms with E-state index >= 15 is 0 Å². The normalized spacial score (nSPS) is 17.8. The SMILES string of the molecule is Br.Br.O=C(Nc1ccc(F)cn1)[C@@H]1CCCN1. The summed E-state index contributed by atoms with van der Waals surface area (Å²) in [7, 11) is 0. The van der Waals surface area contributed by atoms with Gasteiger partial charge in [0.1, 0.15) is 11.6 Å². The first-order valence-electron chi connectivity index (χ1n) is 4.91. The zero-order chi connectivity index (χ0) is 10.7. The molecule has 1 aromatic rings. The van der Waals surface area contributed by atoms with Crippen molar-refractivity contribution in [1.29, 1.82) is 0 Å². The fourth-order valence-corrected chi connectivity index (χ4v) is 1.57. The molecule has 2 rings (SSSR count). The van der Waals surface area contributed by atoms with Crippen LogP contribution in [0.2, 0.25) is 0 Å². The third-order valence-corrected chi connectivity index (χ3v) is 2.36. The summed E-state index contributed by atoms with van der Waals surface area (Å²) in [5.41, 5.74) is 0. The molecule has 0 unspecified atom stereocenters. The van der Waals surface area contributed by atoms with E-state index in [0.29, 0.717) is 5.82 Å². The summed E-state index contributed by atoms with van der Waals surface area (Å²) in [6, 6.07) is 2.57. The van der Waals surface area contributed by atoms with Gasteiger partial charge < -0.3 is 10.6 Å². The average Bonchev–Trinajstić information content (AvgIpc) is 2.74. The summed E-state index contributed by atoms with van der Waals surface area (Å²) in [6.07, 6.45) is 2.93. The Morgan fingerprint density at radius 1 is 1.47 bits per heavy atom. The Kier molecular flexibility index (Phi) is 7.49. The quantitative estimate of drug-likeness (QED) is 0.837. The zero-order valence-corrected chi connectivity index (χ0v) is 12.4. The minimum Gasteiger partial charge on any atom is -0.309 e. The fourth-order valence-electron chi connectivity index (χ4n) is 1.57. The first-order valence-corrected chi connectivity index (χ1v) is 4.91.